The zero-order chi connectivity index (χ0) is 17.2. The van der Waals surface area contributed by atoms with E-state index in [0.29, 0.717) is 12.3 Å². The molecule has 0 heterocycles. The van der Waals surface area contributed by atoms with Crippen molar-refractivity contribution in [1.29, 1.82) is 0 Å². The van der Waals surface area contributed by atoms with Crippen LogP contribution >= 0.6 is 0 Å². The molecule has 0 aliphatic rings. The van der Waals surface area contributed by atoms with E-state index in [4.69, 9.17) is 4.74 Å². The summed E-state index contributed by atoms with van der Waals surface area (Å²) in [5.74, 6) is 0.632. The molecule has 2 aromatic carbocycles. The molecule has 1 unspecified atom stereocenters. The summed E-state index contributed by atoms with van der Waals surface area (Å²) in [5.41, 5.74) is 1.30. The summed E-state index contributed by atoms with van der Waals surface area (Å²) in [4.78, 5) is 14.3. The average Bonchev–Trinajstić information content (AvgIpc) is 2.60. The van der Waals surface area contributed by atoms with E-state index in [2.05, 4.69) is 41.5 Å². The highest BCUT2D eigenvalue weighted by atomic mass is 16.5. The molecule has 1 atom stereocenters. The minimum atomic E-state index is -0.491. The summed E-state index contributed by atoms with van der Waals surface area (Å²) in [6.45, 7) is 4.27. The van der Waals surface area contributed by atoms with Gasteiger partial charge in [0.05, 0.1) is 0 Å². The monoisotopic (exact) mass is 326 g/mol. The lowest BCUT2D eigenvalue weighted by molar-refractivity contribution is -0.127. The first-order valence-electron chi connectivity index (χ1n) is 8.37. The van der Waals surface area contributed by atoms with Gasteiger partial charge in [0.15, 0.2) is 6.10 Å². The fourth-order valence-electron chi connectivity index (χ4n) is 2.44. The molecule has 1 amide bonds. The zero-order valence-corrected chi connectivity index (χ0v) is 14.4. The van der Waals surface area contributed by atoms with E-state index in [1.54, 1.807) is 6.92 Å². The van der Waals surface area contributed by atoms with Crippen LogP contribution < -0.4 is 10.1 Å². The highest BCUT2D eigenvalue weighted by Crippen LogP contribution is 2.10. The number of benzene rings is 2. The number of hydrogen-bond acceptors (Lipinski definition) is 3. The van der Waals surface area contributed by atoms with Crippen molar-refractivity contribution < 1.29 is 9.53 Å². The van der Waals surface area contributed by atoms with Gasteiger partial charge >= 0.3 is 0 Å². The summed E-state index contributed by atoms with van der Waals surface area (Å²) in [5, 5.41) is 2.93. The molecule has 0 aliphatic heterocycles. The van der Waals surface area contributed by atoms with Crippen molar-refractivity contribution >= 4 is 5.91 Å². The molecule has 4 nitrogen and oxygen atoms in total. The van der Waals surface area contributed by atoms with Crippen LogP contribution in [0.4, 0.5) is 0 Å². The van der Waals surface area contributed by atoms with Crippen molar-refractivity contribution in [2.75, 3.05) is 20.1 Å². The number of nitrogens with zero attached hydrogens (tertiary/aromatic N) is 1. The number of para-hydroxylation sites is 1. The van der Waals surface area contributed by atoms with Crippen LogP contribution in [0.3, 0.4) is 0 Å². The van der Waals surface area contributed by atoms with Crippen molar-refractivity contribution in [3.8, 4) is 5.75 Å². The normalized spacial score (nSPS) is 12.0. The maximum Gasteiger partial charge on any atom is 0.260 e. The molecule has 1 N–H and O–H groups in total. The first-order valence-corrected chi connectivity index (χ1v) is 8.37. The molecule has 24 heavy (non-hydrogen) atoms. The zero-order valence-electron chi connectivity index (χ0n) is 14.4. The third kappa shape index (κ3) is 6.42. The number of nitrogens with one attached hydrogen (secondary N) is 1. The SMILES string of the molecule is CC(Oc1ccccc1)C(=O)NCCCN(C)Cc1ccccc1. The summed E-state index contributed by atoms with van der Waals surface area (Å²) in [7, 11) is 2.09. The maximum absolute atomic E-state index is 12.0. The Morgan fingerprint density at radius 2 is 1.71 bits per heavy atom. The van der Waals surface area contributed by atoms with Crippen molar-refractivity contribution in [1.82, 2.24) is 10.2 Å². The van der Waals surface area contributed by atoms with Crippen molar-refractivity contribution in [3.05, 3.63) is 66.2 Å². The van der Waals surface area contributed by atoms with E-state index < -0.39 is 6.10 Å². The van der Waals surface area contributed by atoms with E-state index in [1.807, 2.05) is 36.4 Å². The number of carbonyl (C=O) groups is 1. The summed E-state index contributed by atoms with van der Waals surface area (Å²) >= 11 is 0. The van der Waals surface area contributed by atoms with E-state index in [-0.39, 0.29) is 5.91 Å². The van der Waals surface area contributed by atoms with Crippen LogP contribution in [0.2, 0.25) is 0 Å². The van der Waals surface area contributed by atoms with Gasteiger partial charge in [-0.25, -0.2) is 0 Å². The van der Waals surface area contributed by atoms with Gasteiger partial charge in [-0.1, -0.05) is 48.5 Å². The van der Waals surface area contributed by atoms with Gasteiger partial charge in [0, 0.05) is 13.1 Å². The number of ether oxygens (including phenoxy) is 1. The third-order valence-corrected chi connectivity index (χ3v) is 3.74. The predicted octanol–water partition coefficient (Wildman–Crippen LogP) is 3.09. The van der Waals surface area contributed by atoms with E-state index in [0.717, 1.165) is 19.5 Å². The number of carbonyl (C=O) groups excluding carboxylic acids is 1. The minimum absolute atomic E-state index is 0.0791. The van der Waals surface area contributed by atoms with Crippen LogP contribution in [-0.4, -0.2) is 37.0 Å². The highest BCUT2D eigenvalue weighted by molar-refractivity contribution is 5.80. The van der Waals surface area contributed by atoms with Crippen LogP contribution in [0, 0.1) is 0 Å². The largest absolute Gasteiger partial charge is 0.481 e. The first kappa shape index (κ1) is 18.0. The second-order valence-electron chi connectivity index (χ2n) is 5.94. The fraction of sp³-hybridized carbons (Fsp3) is 0.350. The topological polar surface area (TPSA) is 41.6 Å². The van der Waals surface area contributed by atoms with Gasteiger partial charge in [-0.3, -0.25) is 4.79 Å². The Balaban J connectivity index is 1.62. The fourth-order valence-corrected chi connectivity index (χ4v) is 2.44. The predicted molar refractivity (Wildman–Crippen MR) is 96.9 cm³/mol. The number of amides is 1. The molecular weight excluding hydrogens is 300 g/mol. The van der Waals surface area contributed by atoms with Crippen molar-refractivity contribution in [3.63, 3.8) is 0 Å². The molecule has 0 fully saturated rings. The van der Waals surface area contributed by atoms with Crippen LogP contribution in [0.1, 0.15) is 18.9 Å². The van der Waals surface area contributed by atoms with Gasteiger partial charge in [0.2, 0.25) is 0 Å². The maximum atomic E-state index is 12.0. The second kappa shape index (κ2) is 9.73. The standard InChI is InChI=1S/C20H26N2O2/c1-17(24-19-12-7-4-8-13-19)20(23)21-14-9-15-22(2)16-18-10-5-3-6-11-18/h3-8,10-13,17H,9,14-16H2,1-2H3,(H,21,23). The Morgan fingerprint density at radius 1 is 1.08 bits per heavy atom. The Hall–Kier alpha value is -2.33. The van der Waals surface area contributed by atoms with E-state index in [1.165, 1.54) is 5.56 Å². The quantitative estimate of drug-likeness (QED) is 0.720. The smallest absolute Gasteiger partial charge is 0.260 e. The minimum Gasteiger partial charge on any atom is -0.481 e. The van der Waals surface area contributed by atoms with Gasteiger partial charge in [-0.2, -0.15) is 0 Å². The molecule has 0 saturated heterocycles. The van der Waals surface area contributed by atoms with Crippen LogP contribution in [0.5, 0.6) is 5.75 Å². The molecule has 0 bridgehead atoms. The Morgan fingerprint density at radius 3 is 2.38 bits per heavy atom. The lowest BCUT2D eigenvalue weighted by atomic mass is 10.2. The van der Waals surface area contributed by atoms with Gasteiger partial charge in [-0.15, -0.1) is 0 Å². The molecule has 4 heteroatoms. The van der Waals surface area contributed by atoms with Gasteiger partial charge in [0.25, 0.3) is 5.91 Å². The van der Waals surface area contributed by atoms with Gasteiger partial charge in [0.1, 0.15) is 5.75 Å². The Labute approximate surface area is 144 Å². The number of rotatable bonds is 9. The van der Waals surface area contributed by atoms with Crippen molar-refractivity contribution in [2.45, 2.75) is 26.0 Å². The summed E-state index contributed by atoms with van der Waals surface area (Å²) in [6.07, 6.45) is 0.419. The van der Waals surface area contributed by atoms with E-state index in [9.17, 15) is 4.79 Å². The number of hydrogen-bond donors (Lipinski definition) is 1. The Kier molecular flexibility index (Phi) is 7.30. The second-order valence-corrected chi connectivity index (χ2v) is 5.94. The molecular formula is C20H26N2O2. The lowest BCUT2D eigenvalue weighted by Crippen LogP contribution is -2.37. The molecule has 0 saturated carbocycles. The third-order valence-electron chi connectivity index (χ3n) is 3.74. The van der Waals surface area contributed by atoms with Crippen LogP contribution in [0.15, 0.2) is 60.7 Å². The molecule has 2 aromatic rings. The molecule has 0 aliphatic carbocycles. The average molecular weight is 326 g/mol. The lowest BCUT2D eigenvalue weighted by Gasteiger charge is -2.18. The first-order chi connectivity index (χ1) is 11.6. The molecule has 0 radical (unpaired) electrons. The summed E-state index contributed by atoms with van der Waals surface area (Å²) < 4.78 is 5.61. The Bertz CT molecular complexity index is 602. The molecule has 0 aromatic heterocycles. The summed E-state index contributed by atoms with van der Waals surface area (Å²) in [6, 6.07) is 19.8. The van der Waals surface area contributed by atoms with Gasteiger partial charge in [-0.05, 0) is 44.6 Å². The molecule has 0 spiro atoms. The van der Waals surface area contributed by atoms with Gasteiger partial charge < -0.3 is 15.0 Å². The van der Waals surface area contributed by atoms with Crippen molar-refractivity contribution in [2.24, 2.45) is 0 Å². The van der Waals surface area contributed by atoms with Crippen LogP contribution in [0.25, 0.3) is 0 Å². The van der Waals surface area contributed by atoms with E-state index >= 15 is 0 Å². The molecule has 128 valence electrons. The van der Waals surface area contributed by atoms with Crippen LogP contribution in [-0.2, 0) is 11.3 Å². The highest BCUT2D eigenvalue weighted by Gasteiger charge is 2.13. The molecule has 2 rings (SSSR count).